The highest BCUT2D eigenvalue weighted by molar-refractivity contribution is 5.96. The second-order valence-electron chi connectivity index (χ2n) is 12.4. The smallest absolute Gasteiger partial charge is 0.326 e. The van der Waals surface area contributed by atoms with E-state index in [2.05, 4.69) is 17.9 Å². The van der Waals surface area contributed by atoms with Gasteiger partial charge in [0.25, 0.3) is 0 Å². The lowest BCUT2D eigenvalue weighted by Crippen LogP contribution is -2.52. The van der Waals surface area contributed by atoms with Crippen LogP contribution >= 0.6 is 0 Å². The summed E-state index contributed by atoms with van der Waals surface area (Å²) in [5, 5.41) is 10.6. The Bertz CT molecular complexity index is 1160. The van der Waals surface area contributed by atoms with Crippen molar-refractivity contribution in [3.05, 3.63) is 29.3 Å². The highest BCUT2D eigenvalue weighted by Gasteiger charge is 2.47. The van der Waals surface area contributed by atoms with Crippen LogP contribution in [0.25, 0.3) is 0 Å². The molecule has 11 heteroatoms. The van der Waals surface area contributed by atoms with Crippen molar-refractivity contribution in [2.45, 2.75) is 63.8 Å². The first-order valence-electron chi connectivity index (χ1n) is 15.8. The molecule has 1 aromatic carbocycles. The maximum atomic E-state index is 13.8. The van der Waals surface area contributed by atoms with E-state index in [1.165, 1.54) is 7.05 Å². The molecule has 4 amide bonds. The molecule has 0 saturated carbocycles. The minimum absolute atomic E-state index is 0.0230. The molecule has 0 bridgehead atoms. The Morgan fingerprint density at radius 3 is 2.53 bits per heavy atom. The van der Waals surface area contributed by atoms with Gasteiger partial charge in [0.1, 0.15) is 5.75 Å². The molecule has 43 heavy (non-hydrogen) atoms. The number of amides is 4. The number of urea groups is 1. The molecule has 3 heterocycles. The fourth-order valence-electron chi connectivity index (χ4n) is 6.65. The largest absolute Gasteiger partial charge is 0.493 e. The van der Waals surface area contributed by atoms with E-state index in [1.54, 1.807) is 4.90 Å². The lowest BCUT2D eigenvalue weighted by molar-refractivity contribution is -0.144. The quantitative estimate of drug-likeness (QED) is 0.306. The number of likely N-dealkylation sites (tertiary alicyclic amines) is 1. The maximum absolute atomic E-state index is 13.8. The van der Waals surface area contributed by atoms with Gasteiger partial charge in [-0.3, -0.25) is 24.2 Å². The summed E-state index contributed by atoms with van der Waals surface area (Å²) >= 11 is 0. The number of carboxylic acids is 1. The number of hydrogen-bond donors (Lipinski definition) is 1. The normalized spacial score (nSPS) is 22.3. The molecule has 3 atom stereocenters. The average molecular weight is 600 g/mol. The number of unbranched alkanes of at least 4 members (excludes halogenated alkanes) is 2. The summed E-state index contributed by atoms with van der Waals surface area (Å²) in [6.07, 6.45) is 5.27. The van der Waals surface area contributed by atoms with Crippen molar-refractivity contribution >= 4 is 23.8 Å². The number of carbonyl (C=O) groups is 4. The Morgan fingerprint density at radius 1 is 1.07 bits per heavy atom. The molecule has 238 valence electrons. The van der Waals surface area contributed by atoms with E-state index < -0.39 is 17.9 Å². The van der Waals surface area contributed by atoms with Gasteiger partial charge >= 0.3 is 12.0 Å². The van der Waals surface area contributed by atoms with E-state index in [0.29, 0.717) is 45.8 Å². The summed E-state index contributed by atoms with van der Waals surface area (Å²) in [7, 11) is 5.57. The number of carbonyl (C=O) groups excluding carboxylic acids is 3. The fraction of sp³-hybridized carbons (Fsp3) is 0.688. The minimum atomic E-state index is -0.898. The predicted octanol–water partition coefficient (Wildman–Crippen LogP) is 2.73. The molecule has 11 nitrogen and oxygen atoms in total. The van der Waals surface area contributed by atoms with Gasteiger partial charge in [0.2, 0.25) is 11.8 Å². The molecule has 1 N–H and O–H groups in total. The lowest BCUT2D eigenvalue weighted by Gasteiger charge is -2.34. The molecule has 0 unspecified atom stereocenters. The van der Waals surface area contributed by atoms with Crippen LogP contribution in [-0.4, -0.2) is 133 Å². The van der Waals surface area contributed by atoms with Crippen LogP contribution in [0, 0.1) is 5.92 Å². The van der Waals surface area contributed by atoms with E-state index in [9.17, 15) is 24.3 Å². The standard InChI is InChI=1S/C32H49N5O6/c1-5-6-15-35(16-8-7-14-33(2)3)29(39)22-37-21-25(23-9-10-27-24(20-23)13-19-43-27)30(31(40)41)26(37)11-17-36-18-12-28(38)34(4)32(36)42/h9-10,20,25-26,30H,5-8,11-19,21-22H2,1-4H3,(H,40,41)/t25-,26+,30-/m1/s1. The minimum Gasteiger partial charge on any atom is -0.493 e. The number of aliphatic carboxylic acids is 1. The van der Waals surface area contributed by atoms with Crippen molar-refractivity contribution in [3.63, 3.8) is 0 Å². The SMILES string of the molecule is CCCCN(CCCCN(C)C)C(=O)CN1C[C@H](c2ccc3c(c2)CCO3)[C@@H](C(=O)O)[C@@H]1CCN1CCC(=O)N(C)C1=O. The molecule has 2 fully saturated rings. The van der Waals surface area contributed by atoms with Gasteiger partial charge in [-0.25, -0.2) is 4.79 Å². The highest BCUT2D eigenvalue weighted by Crippen LogP contribution is 2.41. The van der Waals surface area contributed by atoms with Crippen molar-refractivity contribution in [1.82, 2.24) is 24.5 Å². The van der Waals surface area contributed by atoms with E-state index in [1.807, 2.05) is 36.0 Å². The van der Waals surface area contributed by atoms with E-state index in [4.69, 9.17) is 4.74 Å². The number of nitrogens with zero attached hydrogens (tertiary/aromatic N) is 5. The summed E-state index contributed by atoms with van der Waals surface area (Å²) in [6.45, 7) is 6.30. The van der Waals surface area contributed by atoms with Crippen LogP contribution in [0.4, 0.5) is 4.79 Å². The zero-order valence-electron chi connectivity index (χ0n) is 26.3. The number of imide groups is 1. The first kappa shape index (κ1) is 32.7. The second kappa shape index (κ2) is 15.0. The first-order chi connectivity index (χ1) is 20.6. The van der Waals surface area contributed by atoms with Gasteiger partial charge in [-0.05, 0) is 63.5 Å². The number of hydrogen-bond acceptors (Lipinski definition) is 7. The molecule has 3 aliphatic rings. The second-order valence-corrected chi connectivity index (χ2v) is 12.4. The van der Waals surface area contributed by atoms with Crippen molar-refractivity contribution < 1.29 is 29.0 Å². The van der Waals surface area contributed by atoms with Gasteiger partial charge in [-0.1, -0.05) is 25.5 Å². The van der Waals surface area contributed by atoms with Crippen LogP contribution in [0.5, 0.6) is 5.75 Å². The van der Waals surface area contributed by atoms with Gasteiger partial charge in [0, 0.05) is 64.6 Å². The van der Waals surface area contributed by atoms with E-state index in [-0.39, 0.29) is 36.7 Å². The Hall–Kier alpha value is -3.18. The van der Waals surface area contributed by atoms with Crippen molar-refractivity contribution in [3.8, 4) is 5.75 Å². The molecule has 0 spiro atoms. The van der Waals surface area contributed by atoms with Crippen LogP contribution in [0.1, 0.15) is 62.5 Å². The third-order valence-corrected chi connectivity index (χ3v) is 9.15. The molecule has 1 aromatic rings. The average Bonchev–Trinajstić information content (AvgIpc) is 3.59. The summed E-state index contributed by atoms with van der Waals surface area (Å²) < 4.78 is 5.68. The molecule has 3 aliphatic heterocycles. The van der Waals surface area contributed by atoms with Gasteiger partial charge in [0.15, 0.2) is 0 Å². The number of benzene rings is 1. The Labute approximate surface area is 255 Å². The van der Waals surface area contributed by atoms with Crippen LogP contribution in [-0.2, 0) is 20.8 Å². The van der Waals surface area contributed by atoms with Crippen LogP contribution in [0.15, 0.2) is 18.2 Å². The summed E-state index contributed by atoms with van der Waals surface area (Å²) in [4.78, 5) is 60.4. The monoisotopic (exact) mass is 599 g/mol. The van der Waals surface area contributed by atoms with Gasteiger partial charge in [-0.15, -0.1) is 0 Å². The zero-order chi connectivity index (χ0) is 31.1. The lowest BCUT2D eigenvalue weighted by atomic mass is 9.83. The van der Waals surface area contributed by atoms with E-state index in [0.717, 1.165) is 60.4 Å². The summed E-state index contributed by atoms with van der Waals surface area (Å²) in [5.41, 5.74) is 2.03. The third kappa shape index (κ3) is 8.06. The predicted molar refractivity (Wildman–Crippen MR) is 163 cm³/mol. The number of rotatable bonds is 15. The molecule has 0 radical (unpaired) electrons. The molecule has 4 rings (SSSR count). The first-order valence-corrected chi connectivity index (χ1v) is 15.8. The van der Waals surface area contributed by atoms with Crippen molar-refractivity contribution in [1.29, 1.82) is 0 Å². The van der Waals surface area contributed by atoms with E-state index >= 15 is 0 Å². The van der Waals surface area contributed by atoms with Crippen LogP contribution < -0.4 is 4.74 Å². The van der Waals surface area contributed by atoms with Crippen LogP contribution in [0.3, 0.4) is 0 Å². The molecular formula is C32H49N5O6. The van der Waals surface area contributed by atoms with Gasteiger partial charge < -0.3 is 24.5 Å². The molecule has 0 aromatic heterocycles. The summed E-state index contributed by atoms with van der Waals surface area (Å²) in [6, 6.07) is 5.16. The number of ether oxygens (including phenoxy) is 1. The Kier molecular flexibility index (Phi) is 11.4. The van der Waals surface area contributed by atoms with Gasteiger partial charge in [-0.2, -0.15) is 0 Å². The van der Waals surface area contributed by atoms with Crippen molar-refractivity contribution in [2.75, 3.05) is 73.6 Å². The molecule has 0 aliphatic carbocycles. The highest BCUT2D eigenvalue weighted by atomic mass is 16.5. The number of carboxylic acid groups (broad SMARTS) is 1. The topological polar surface area (TPSA) is 114 Å². The fourth-order valence-corrected chi connectivity index (χ4v) is 6.65. The number of fused-ring (bicyclic) bond motifs is 1. The Balaban J connectivity index is 1.55. The van der Waals surface area contributed by atoms with Crippen LogP contribution in [0.2, 0.25) is 0 Å². The molecular weight excluding hydrogens is 550 g/mol. The molecule has 2 saturated heterocycles. The maximum Gasteiger partial charge on any atom is 0.326 e. The summed E-state index contributed by atoms with van der Waals surface area (Å²) in [5.74, 6) is -1.28. The zero-order valence-corrected chi connectivity index (χ0v) is 26.3. The van der Waals surface area contributed by atoms with Crippen molar-refractivity contribution in [2.24, 2.45) is 5.92 Å². The van der Waals surface area contributed by atoms with Gasteiger partial charge in [0.05, 0.1) is 19.1 Å². The Morgan fingerprint density at radius 2 is 1.81 bits per heavy atom. The third-order valence-electron chi connectivity index (χ3n) is 9.15.